The summed E-state index contributed by atoms with van der Waals surface area (Å²) in [7, 11) is 5.33. The second-order valence-corrected chi connectivity index (χ2v) is 7.22. The van der Waals surface area contributed by atoms with E-state index in [2.05, 4.69) is 22.5 Å². The maximum atomic E-state index is 11.9. The number of carbonyl (C=O) groups excluding carboxylic acids is 1. The van der Waals surface area contributed by atoms with Crippen LogP contribution in [0.25, 0.3) is 0 Å². The van der Waals surface area contributed by atoms with Crippen molar-refractivity contribution in [2.75, 3.05) is 27.7 Å². The highest BCUT2D eigenvalue weighted by atomic mass is 16.2. The summed E-state index contributed by atoms with van der Waals surface area (Å²) in [6.45, 7) is 4.03. The fourth-order valence-corrected chi connectivity index (χ4v) is 3.35. The summed E-state index contributed by atoms with van der Waals surface area (Å²) < 4.78 is 0. The number of guanidine groups is 1. The average Bonchev–Trinajstić information content (AvgIpc) is 2.63. The summed E-state index contributed by atoms with van der Waals surface area (Å²) in [4.78, 5) is 17.8. The van der Waals surface area contributed by atoms with Crippen molar-refractivity contribution >= 4 is 11.9 Å². The molecule has 1 fully saturated rings. The van der Waals surface area contributed by atoms with Gasteiger partial charge in [-0.2, -0.15) is 0 Å². The molecule has 1 aromatic rings. The van der Waals surface area contributed by atoms with Gasteiger partial charge in [0.2, 0.25) is 0 Å². The predicted molar refractivity (Wildman–Crippen MR) is 104 cm³/mol. The molecule has 0 radical (unpaired) electrons. The number of hydrogen-bond donors (Lipinski definition) is 2. The van der Waals surface area contributed by atoms with Crippen molar-refractivity contribution in [3.05, 3.63) is 35.4 Å². The van der Waals surface area contributed by atoms with Gasteiger partial charge in [-0.25, -0.2) is 0 Å². The van der Waals surface area contributed by atoms with Crippen molar-refractivity contribution in [1.82, 2.24) is 15.5 Å². The van der Waals surface area contributed by atoms with E-state index in [0.29, 0.717) is 12.1 Å². The molecule has 0 aromatic heterocycles. The zero-order chi connectivity index (χ0) is 18.2. The van der Waals surface area contributed by atoms with Gasteiger partial charge < -0.3 is 15.5 Å². The Bertz CT molecular complexity index is 580. The van der Waals surface area contributed by atoms with Crippen LogP contribution in [-0.2, 0) is 6.54 Å². The molecule has 2 rings (SSSR count). The molecule has 1 amide bonds. The number of nitrogens with zero attached hydrogens (tertiary/aromatic N) is 2. The van der Waals surface area contributed by atoms with Crippen molar-refractivity contribution in [1.29, 1.82) is 0 Å². The maximum absolute atomic E-state index is 11.9. The lowest BCUT2D eigenvalue weighted by Gasteiger charge is -2.29. The fourth-order valence-electron chi connectivity index (χ4n) is 3.35. The summed E-state index contributed by atoms with van der Waals surface area (Å²) >= 11 is 0. The molecule has 1 aromatic carbocycles. The Kier molecular flexibility index (Phi) is 7.29. The van der Waals surface area contributed by atoms with E-state index in [1.807, 2.05) is 24.3 Å². The number of rotatable bonds is 5. The molecule has 5 nitrogen and oxygen atoms in total. The lowest BCUT2D eigenvalue weighted by molar-refractivity contribution is 0.0827. The van der Waals surface area contributed by atoms with Gasteiger partial charge in [-0.15, -0.1) is 0 Å². The molecule has 2 unspecified atom stereocenters. The second kappa shape index (κ2) is 9.44. The predicted octanol–water partition coefficient (Wildman–Crippen LogP) is 2.88. The Morgan fingerprint density at radius 1 is 1.16 bits per heavy atom. The third-order valence-electron chi connectivity index (χ3n) is 5.11. The van der Waals surface area contributed by atoms with Crippen LogP contribution < -0.4 is 10.6 Å². The zero-order valence-electron chi connectivity index (χ0n) is 16.0. The normalized spacial score (nSPS) is 20.9. The van der Waals surface area contributed by atoms with E-state index in [-0.39, 0.29) is 5.91 Å². The third-order valence-corrected chi connectivity index (χ3v) is 5.11. The Hall–Kier alpha value is -2.04. The van der Waals surface area contributed by atoms with E-state index in [1.54, 1.807) is 26.0 Å². The van der Waals surface area contributed by atoms with Crippen molar-refractivity contribution in [2.45, 2.75) is 39.2 Å². The molecule has 2 N–H and O–H groups in total. The number of amides is 1. The van der Waals surface area contributed by atoms with Gasteiger partial charge in [0.25, 0.3) is 5.91 Å². The Morgan fingerprint density at radius 3 is 2.44 bits per heavy atom. The largest absolute Gasteiger partial charge is 0.356 e. The van der Waals surface area contributed by atoms with Gasteiger partial charge in [0.1, 0.15) is 0 Å². The van der Waals surface area contributed by atoms with Crippen LogP contribution >= 0.6 is 0 Å². The summed E-state index contributed by atoms with van der Waals surface area (Å²) in [6, 6.07) is 7.72. The van der Waals surface area contributed by atoms with E-state index < -0.39 is 0 Å². The molecule has 5 heteroatoms. The minimum Gasteiger partial charge on any atom is -0.356 e. The molecule has 1 saturated carbocycles. The van der Waals surface area contributed by atoms with E-state index in [1.165, 1.54) is 25.7 Å². The van der Waals surface area contributed by atoms with Gasteiger partial charge in [0.15, 0.2) is 5.96 Å². The van der Waals surface area contributed by atoms with Gasteiger partial charge in [-0.1, -0.05) is 38.3 Å². The smallest absolute Gasteiger partial charge is 0.253 e. The van der Waals surface area contributed by atoms with Crippen LogP contribution in [0.15, 0.2) is 29.3 Å². The van der Waals surface area contributed by atoms with Gasteiger partial charge >= 0.3 is 0 Å². The van der Waals surface area contributed by atoms with Gasteiger partial charge in [-0.05, 0) is 36.0 Å². The Morgan fingerprint density at radius 2 is 1.84 bits per heavy atom. The number of benzene rings is 1. The zero-order valence-corrected chi connectivity index (χ0v) is 16.0. The molecule has 25 heavy (non-hydrogen) atoms. The quantitative estimate of drug-likeness (QED) is 0.638. The van der Waals surface area contributed by atoms with Crippen LogP contribution in [0.2, 0.25) is 0 Å². The van der Waals surface area contributed by atoms with E-state index in [9.17, 15) is 4.79 Å². The first kappa shape index (κ1) is 19.3. The molecule has 138 valence electrons. The van der Waals surface area contributed by atoms with Crippen LogP contribution in [0.3, 0.4) is 0 Å². The molecule has 0 heterocycles. The topological polar surface area (TPSA) is 56.7 Å². The molecule has 0 spiro atoms. The first-order valence-electron chi connectivity index (χ1n) is 9.26. The summed E-state index contributed by atoms with van der Waals surface area (Å²) in [6.07, 6.45) is 5.38. The minimum atomic E-state index is 0.0265. The number of carbonyl (C=O) groups is 1. The molecular formula is C20H32N4O. The lowest BCUT2D eigenvalue weighted by Crippen LogP contribution is -2.41. The molecule has 1 aliphatic rings. The van der Waals surface area contributed by atoms with E-state index in [4.69, 9.17) is 0 Å². The highest BCUT2D eigenvalue weighted by Crippen LogP contribution is 2.28. The van der Waals surface area contributed by atoms with Crippen LogP contribution in [0, 0.1) is 11.8 Å². The second-order valence-electron chi connectivity index (χ2n) is 7.22. The van der Waals surface area contributed by atoms with Gasteiger partial charge in [0, 0.05) is 39.8 Å². The highest BCUT2D eigenvalue weighted by molar-refractivity contribution is 5.93. The van der Waals surface area contributed by atoms with Crippen LogP contribution in [0.5, 0.6) is 0 Å². The number of hydrogen-bond acceptors (Lipinski definition) is 2. The Balaban J connectivity index is 1.81. The van der Waals surface area contributed by atoms with Crippen LogP contribution in [0.1, 0.15) is 48.5 Å². The monoisotopic (exact) mass is 344 g/mol. The van der Waals surface area contributed by atoms with Crippen LogP contribution in [-0.4, -0.2) is 44.5 Å². The summed E-state index contributed by atoms with van der Waals surface area (Å²) in [5.41, 5.74) is 1.84. The Labute approximate surface area is 151 Å². The molecule has 1 aliphatic carbocycles. The van der Waals surface area contributed by atoms with Crippen molar-refractivity contribution < 1.29 is 4.79 Å². The van der Waals surface area contributed by atoms with E-state index in [0.717, 1.165) is 29.9 Å². The maximum Gasteiger partial charge on any atom is 0.253 e. The number of nitrogens with one attached hydrogen (secondary N) is 2. The molecular weight excluding hydrogens is 312 g/mol. The first-order valence-corrected chi connectivity index (χ1v) is 9.26. The van der Waals surface area contributed by atoms with Gasteiger partial charge in [-0.3, -0.25) is 9.79 Å². The van der Waals surface area contributed by atoms with Crippen molar-refractivity contribution in [2.24, 2.45) is 16.8 Å². The molecule has 2 atom stereocenters. The average molecular weight is 345 g/mol. The summed E-state index contributed by atoms with van der Waals surface area (Å²) in [5.74, 6) is 2.40. The molecule has 0 saturated heterocycles. The number of aliphatic imine (C=N–C) groups is 1. The minimum absolute atomic E-state index is 0.0265. The first-order chi connectivity index (χ1) is 12.0. The SMILES string of the molecule is CN=C(NCc1ccc(C(=O)N(C)C)cc1)NCC1CCCCC1C. The summed E-state index contributed by atoms with van der Waals surface area (Å²) in [5, 5.41) is 6.82. The lowest BCUT2D eigenvalue weighted by atomic mass is 9.80. The van der Waals surface area contributed by atoms with Crippen molar-refractivity contribution in [3.63, 3.8) is 0 Å². The third kappa shape index (κ3) is 5.76. The highest BCUT2D eigenvalue weighted by Gasteiger charge is 2.21. The van der Waals surface area contributed by atoms with E-state index >= 15 is 0 Å². The standard InChI is InChI=1S/C20H32N4O/c1-15-7-5-6-8-18(15)14-23-20(21-2)22-13-16-9-11-17(12-10-16)19(25)24(3)4/h9-12,15,18H,5-8,13-14H2,1-4H3,(H2,21,22,23). The molecule has 0 bridgehead atoms. The fraction of sp³-hybridized carbons (Fsp3) is 0.600. The van der Waals surface area contributed by atoms with Crippen molar-refractivity contribution in [3.8, 4) is 0 Å². The van der Waals surface area contributed by atoms with Gasteiger partial charge in [0.05, 0.1) is 0 Å². The molecule has 0 aliphatic heterocycles. The van der Waals surface area contributed by atoms with Crippen LogP contribution in [0.4, 0.5) is 0 Å².